The lowest BCUT2D eigenvalue weighted by Crippen LogP contribution is -2.41. The molecular formula is C15H30O2Si. The number of rotatable bonds is 5. The molecule has 1 aliphatic rings. The SMILES string of the molecule is CC[C@H]1CC(CO)=C(CO[Si](C)(C)C(C)(C)C)C1. The molecule has 0 saturated carbocycles. The summed E-state index contributed by atoms with van der Waals surface area (Å²) < 4.78 is 6.27. The van der Waals surface area contributed by atoms with Gasteiger partial charge in [-0.15, -0.1) is 0 Å². The molecule has 2 nitrogen and oxygen atoms in total. The zero-order valence-corrected chi connectivity index (χ0v) is 14.0. The summed E-state index contributed by atoms with van der Waals surface area (Å²) in [7, 11) is -1.66. The first-order valence-electron chi connectivity index (χ1n) is 7.16. The lowest BCUT2D eigenvalue weighted by atomic mass is 10.0. The van der Waals surface area contributed by atoms with E-state index in [0.29, 0.717) is 0 Å². The van der Waals surface area contributed by atoms with Crippen molar-refractivity contribution in [1.29, 1.82) is 0 Å². The van der Waals surface area contributed by atoms with Gasteiger partial charge in [0.15, 0.2) is 8.32 Å². The second-order valence-electron chi connectivity index (χ2n) is 7.10. The van der Waals surface area contributed by atoms with Crippen molar-refractivity contribution in [2.75, 3.05) is 13.2 Å². The van der Waals surface area contributed by atoms with Gasteiger partial charge in [-0.2, -0.15) is 0 Å². The predicted octanol–water partition coefficient (Wildman–Crippen LogP) is 4.12. The van der Waals surface area contributed by atoms with E-state index in [4.69, 9.17) is 4.43 Å². The Morgan fingerprint density at radius 2 is 1.78 bits per heavy atom. The van der Waals surface area contributed by atoms with Gasteiger partial charge < -0.3 is 9.53 Å². The highest BCUT2D eigenvalue weighted by Crippen LogP contribution is 2.39. The second-order valence-corrected chi connectivity index (χ2v) is 11.9. The van der Waals surface area contributed by atoms with Gasteiger partial charge in [-0.25, -0.2) is 0 Å². The maximum atomic E-state index is 9.44. The molecular weight excluding hydrogens is 240 g/mol. The minimum absolute atomic E-state index is 0.215. The Labute approximate surface area is 114 Å². The summed E-state index contributed by atoms with van der Waals surface area (Å²) in [6.07, 6.45) is 3.40. The monoisotopic (exact) mass is 270 g/mol. The Morgan fingerprint density at radius 1 is 1.22 bits per heavy atom. The molecule has 1 aliphatic carbocycles. The third-order valence-corrected chi connectivity index (χ3v) is 9.23. The van der Waals surface area contributed by atoms with Crippen LogP contribution in [-0.4, -0.2) is 26.6 Å². The molecule has 0 aliphatic heterocycles. The van der Waals surface area contributed by atoms with Crippen LogP contribution in [0.4, 0.5) is 0 Å². The summed E-state index contributed by atoms with van der Waals surface area (Å²) in [5.41, 5.74) is 2.61. The fourth-order valence-corrected chi connectivity index (χ4v) is 3.14. The number of aliphatic hydroxyl groups is 1. The van der Waals surface area contributed by atoms with Crippen molar-refractivity contribution >= 4 is 8.32 Å². The van der Waals surface area contributed by atoms with Crippen molar-refractivity contribution in [3.8, 4) is 0 Å². The molecule has 0 bridgehead atoms. The zero-order chi connectivity index (χ0) is 14.0. The fraction of sp³-hybridized carbons (Fsp3) is 0.867. The summed E-state index contributed by atoms with van der Waals surface area (Å²) >= 11 is 0. The van der Waals surface area contributed by atoms with Crippen molar-refractivity contribution < 1.29 is 9.53 Å². The molecule has 0 unspecified atom stereocenters. The predicted molar refractivity (Wildman–Crippen MR) is 80.3 cm³/mol. The Kier molecular flexibility index (Phi) is 5.21. The molecule has 0 radical (unpaired) electrons. The van der Waals surface area contributed by atoms with Gasteiger partial charge in [-0.05, 0) is 48.0 Å². The largest absolute Gasteiger partial charge is 0.413 e. The first-order valence-corrected chi connectivity index (χ1v) is 10.1. The molecule has 1 atom stereocenters. The quantitative estimate of drug-likeness (QED) is 0.601. The fourth-order valence-electron chi connectivity index (χ4n) is 2.17. The molecule has 18 heavy (non-hydrogen) atoms. The minimum atomic E-state index is -1.66. The van der Waals surface area contributed by atoms with Crippen LogP contribution < -0.4 is 0 Å². The summed E-state index contributed by atoms with van der Waals surface area (Å²) in [4.78, 5) is 0. The van der Waals surface area contributed by atoms with E-state index in [9.17, 15) is 5.11 Å². The average molecular weight is 270 g/mol. The molecule has 0 spiro atoms. The molecule has 0 heterocycles. The van der Waals surface area contributed by atoms with Gasteiger partial charge in [0, 0.05) is 0 Å². The lowest BCUT2D eigenvalue weighted by Gasteiger charge is -2.36. The van der Waals surface area contributed by atoms with E-state index in [1.165, 1.54) is 17.6 Å². The van der Waals surface area contributed by atoms with Crippen LogP contribution in [0.1, 0.15) is 47.0 Å². The molecule has 3 heteroatoms. The van der Waals surface area contributed by atoms with E-state index in [0.717, 1.165) is 25.4 Å². The molecule has 0 aromatic carbocycles. The maximum Gasteiger partial charge on any atom is 0.192 e. The zero-order valence-electron chi connectivity index (χ0n) is 13.0. The lowest BCUT2D eigenvalue weighted by molar-refractivity contribution is 0.305. The van der Waals surface area contributed by atoms with Crippen LogP contribution in [0.3, 0.4) is 0 Å². The summed E-state index contributed by atoms with van der Waals surface area (Å²) in [6, 6.07) is 0. The third-order valence-electron chi connectivity index (χ3n) is 4.75. The average Bonchev–Trinajstić information content (AvgIpc) is 2.67. The van der Waals surface area contributed by atoms with Gasteiger partial charge in [0.2, 0.25) is 0 Å². The number of hydrogen-bond donors (Lipinski definition) is 1. The summed E-state index contributed by atoms with van der Waals surface area (Å²) in [5.74, 6) is 0.727. The molecule has 106 valence electrons. The maximum absolute atomic E-state index is 9.44. The highest BCUT2D eigenvalue weighted by molar-refractivity contribution is 6.74. The van der Waals surface area contributed by atoms with Crippen molar-refractivity contribution in [2.24, 2.45) is 5.92 Å². The van der Waals surface area contributed by atoms with E-state index in [2.05, 4.69) is 40.8 Å². The highest BCUT2D eigenvalue weighted by Gasteiger charge is 2.37. The van der Waals surface area contributed by atoms with Gasteiger partial charge in [-0.1, -0.05) is 34.1 Å². The van der Waals surface area contributed by atoms with Crippen LogP contribution in [0.25, 0.3) is 0 Å². The van der Waals surface area contributed by atoms with Crippen LogP contribution in [0.2, 0.25) is 18.1 Å². The molecule has 1 rings (SSSR count). The summed E-state index contributed by atoms with van der Waals surface area (Å²) in [6.45, 7) is 14.6. The standard InChI is InChI=1S/C15H30O2Si/c1-7-12-8-13(10-16)14(9-12)11-17-18(5,6)15(2,3)4/h12,16H,7-11H2,1-6H3/t12-/m0/s1. The molecule has 0 saturated heterocycles. The van der Waals surface area contributed by atoms with Gasteiger partial charge in [-0.3, -0.25) is 0 Å². The van der Waals surface area contributed by atoms with Gasteiger partial charge in [0.1, 0.15) is 0 Å². The van der Waals surface area contributed by atoms with Crippen LogP contribution in [0.15, 0.2) is 11.1 Å². The van der Waals surface area contributed by atoms with E-state index >= 15 is 0 Å². The topological polar surface area (TPSA) is 29.5 Å². The van der Waals surface area contributed by atoms with E-state index in [-0.39, 0.29) is 11.6 Å². The highest BCUT2D eigenvalue weighted by atomic mass is 28.4. The van der Waals surface area contributed by atoms with E-state index < -0.39 is 8.32 Å². The van der Waals surface area contributed by atoms with E-state index in [1.54, 1.807) is 0 Å². The Bertz CT molecular complexity index is 313. The van der Waals surface area contributed by atoms with E-state index in [1.807, 2.05) is 0 Å². The van der Waals surface area contributed by atoms with Crippen LogP contribution >= 0.6 is 0 Å². The first kappa shape index (κ1) is 15.9. The van der Waals surface area contributed by atoms with Crippen LogP contribution in [0, 0.1) is 5.92 Å². The summed E-state index contributed by atoms with van der Waals surface area (Å²) in [5, 5.41) is 9.70. The van der Waals surface area contributed by atoms with Gasteiger partial charge in [0.25, 0.3) is 0 Å². The Balaban J connectivity index is 2.63. The number of aliphatic hydroxyl groups excluding tert-OH is 1. The van der Waals surface area contributed by atoms with Gasteiger partial charge >= 0.3 is 0 Å². The molecule has 0 aromatic heterocycles. The third kappa shape index (κ3) is 3.69. The van der Waals surface area contributed by atoms with Crippen molar-refractivity contribution in [3.05, 3.63) is 11.1 Å². The molecule has 1 N–H and O–H groups in total. The Morgan fingerprint density at radius 3 is 2.22 bits per heavy atom. The normalized spacial score (nSPS) is 21.8. The van der Waals surface area contributed by atoms with Crippen molar-refractivity contribution in [3.63, 3.8) is 0 Å². The molecule has 0 amide bonds. The smallest absolute Gasteiger partial charge is 0.192 e. The Hall–Kier alpha value is -0.123. The van der Waals surface area contributed by atoms with Crippen LogP contribution in [0.5, 0.6) is 0 Å². The second kappa shape index (κ2) is 5.89. The molecule has 0 fully saturated rings. The van der Waals surface area contributed by atoms with Crippen molar-refractivity contribution in [2.45, 2.75) is 65.1 Å². The van der Waals surface area contributed by atoms with Crippen LogP contribution in [-0.2, 0) is 4.43 Å². The van der Waals surface area contributed by atoms with Crippen molar-refractivity contribution in [1.82, 2.24) is 0 Å². The van der Waals surface area contributed by atoms with Gasteiger partial charge in [0.05, 0.1) is 13.2 Å². The number of hydrogen-bond acceptors (Lipinski definition) is 2. The minimum Gasteiger partial charge on any atom is -0.413 e. The molecule has 0 aromatic rings. The first-order chi connectivity index (χ1) is 8.21.